The summed E-state index contributed by atoms with van der Waals surface area (Å²) >= 11 is 0. The monoisotopic (exact) mass is 245 g/mol. The van der Waals surface area contributed by atoms with Gasteiger partial charge in [0.2, 0.25) is 0 Å². The first kappa shape index (κ1) is 12.7. The number of fused-ring (bicyclic) bond motifs is 1. The number of carbonyl (C=O) groups is 1. The van der Waals surface area contributed by atoms with E-state index in [4.69, 9.17) is 0 Å². The quantitative estimate of drug-likeness (QED) is 0.897. The van der Waals surface area contributed by atoms with Crippen LogP contribution >= 0.6 is 0 Å². The van der Waals surface area contributed by atoms with E-state index in [9.17, 15) is 9.90 Å². The van der Waals surface area contributed by atoms with Crippen molar-refractivity contribution in [1.29, 1.82) is 0 Å². The molecule has 0 bridgehead atoms. The average Bonchev–Trinajstić information content (AvgIpc) is 2.52. The van der Waals surface area contributed by atoms with Crippen LogP contribution in [0.1, 0.15) is 35.5 Å². The van der Waals surface area contributed by atoms with E-state index in [0.29, 0.717) is 11.6 Å². The van der Waals surface area contributed by atoms with Crippen molar-refractivity contribution < 1.29 is 9.90 Å². The maximum atomic E-state index is 11.5. The van der Waals surface area contributed by atoms with Crippen LogP contribution < -0.4 is 0 Å². The molecule has 1 aromatic carbocycles. The third-order valence-electron chi connectivity index (χ3n) is 3.29. The Morgan fingerprint density at radius 2 is 2.00 bits per heavy atom. The number of para-hydroxylation sites is 1. The highest BCUT2D eigenvalue weighted by molar-refractivity contribution is 5.99. The first-order chi connectivity index (χ1) is 8.43. The first-order valence-corrected chi connectivity index (χ1v) is 6.25. The number of carboxylic acid groups (broad SMARTS) is 1. The van der Waals surface area contributed by atoms with Crippen LogP contribution in [0, 0.1) is 19.8 Å². The zero-order chi connectivity index (χ0) is 13.4. The molecule has 0 aliphatic heterocycles. The van der Waals surface area contributed by atoms with E-state index in [1.807, 2.05) is 36.6 Å². The van der Waals surface area contributed by atoms with Crippen molar-refractivity contribution in [3.63, 3.8) is 0 Å². The molecule has 3 heteroatoms. The second-order valence-corrected chi connectivity index (χ2v) is 5.25. The van der Waals surface area contributed by atoms with Crippen molar-refractivity contribution in [3.05, 3.63) is 35.0 Å². The van der Waals surface area contributed by atoms with Gasteiger partial charge in [0, 0.05) is 11.9 Å². The number of aromatic nitrogens is 1. The number of hydrogen-bond acceptors (Lipinski definition) is 1. The van der Waals surface area contributed by atoms with Crippen LogP contribution in [0.5, 0.6) is 0 Å². The molecule has 1 aromatic heterocycles. The highest BCUT2D eigenvalue weighted by atomic mass is 16.4. The van der Waals surface area contributed by atoms with Crippen molar-refractivity contribution in [3.8, 4) is 0 Å². The summed E-state index contributed by atoms with van der Waals surface area (Å²) in [5, 5.41) is 10.5. The Hall–Kier alpha value is -1.77. The third kappa shape index (κ3) is 1.90. The lowest BCUT2D eigenvalue weighted by Crippen LogP contribution is -2.13. The van der Waals surface area contributed by atoms with Crippen molar-refractivity contribution in [2.75, 3.05) is 0 Å². The second kappa shape index (κ2) is 4.48. The van der Waals surface area contributed by atoms with Crippen LogP contribution in [0.2, 0.25) is 0 Å². The van der Waals surface area contributed by atoms with Crippen LogP contribution in [0.25, 0.3) is 10.9 Å². The normalized spacial score (nSPS) is 11.4. The fraction of sp³-hybridized carbons (Fsp3) is 0.400. The molecule has 2 aromatic rings. The summed E-state index contributed by atoms with van der Waals surface area (Å²) in [4.78, 5) is 11.5. The van der Waals surface area contributed by atoms with Crippen LogP contribution in [0.3, 0.4) is 0 Å². The fourth-order valence-electron chi connectivity index (χ4n) is 2.59. The Labute approximate surface area is 107 Å². The SMILES string of the molecule is Cc1c(C(=O)O)n(CC(C)C)c2c(C)cccc12. The summed E-state index contributed by atoms with van der Waals surface area (Å²) in [6.07, 6.45) is 0. The number of rotatable bonds is 3. The van der Waals surface area contributed by atoms with Gasteiger partial charge in [0.1, 0.15) is 5.69 Å². The standard InChI is InChI=1S/C15H19NO2/c1-9(2)8-16-13-10(3)6-5-7-12(13)11(4)14(16)15(17)18/h5-7,9H,8H2,1-4H3,(H,17,18). The number of aryl methyl sites for hydroxylation is 2. The number of aromatic carboxylic acids is 1. The smallest absolute Gasteiger partial charge is 0.352 e. The lowest BCUT2D eigenvalue weighted by atomic mass is 10.1. The molecule has 0 amide bonds. The van der Waals surface area contributed by atoms with E-state index in [1.165, 1.54) is 0 Å². The van der Waals surface area contributed by atoms with E-state index in [2.05, 4.69) is 13.8 Å². The summed E-state index contributed by atoms with van der Waals surface area (Å²) in [7, 11) is 0. The molecule has 0 aliphatic rings. The summed E-state index contributed by atoms with van der Waals surface area (Å²) in [6.45, 7) is 8.86. The van der Waals surface area contributed by atoms with Gasteiger partial charge in [0.25, 0.3) is 0 Å². The number of carboxylic acids is 1. The molecular weight excluding hydrogens is 226 g/mol. The third-order valence-corrected chi connectivity index (χ3v) is 3.29. The minimum absolute atomic E-state index is 0.415. The van der Waals surface area contributed by atoms with Crippen LogP contribution in [0.4, 0.5) is 0 Å². The molecular formula is C15H19NO2. The Balaban J connectivity index is 2.85. The predicted octanol–water partition coefficient (Wildman–Crippen LogP) is 3.61. The molecule has 18 heavy (non-hydrogen) atoms. The number of benzene rings is 1. The van der Waals surface area contributed by atoms with Crippen LogP contribution in [-0.2, 0) is 6.54 Å². The largest absolute Gasteiger partial charge is 0.477 e. The minimum Gasteiger partial charge on any atom is -0.477 e. The van der Waals surface area contributed by atoms with E-state index < -0.39 is 5.97 Å². The van der Waals surface area contributed by atoms with Gasteiger partial charge in [0.15, 0.2) is 0 Å². The maximum Gasteiger partial charge on any atom is 0.352 e. The van der Waals surface area contributed by atoms with Gasteiger partial charge in [-0.2, -0.15) is 0 Å². The summed E-state index contributed by atoms with van der Waals surface area (Å²) < 4.78 is 1.95. The molecule has 2 rings (SSSR count). The molecule has 0 aliphatic carbocycles. The maximum absolute atomic E-state index is 11.5. The molecule has 0 radical (unpaired) electrons. The van der Waals surface area contributed by atoms with E-state index in [0.717, 1.165) is 28.6 Å². The van der Waals surface area contributed by atoms with Crippen molar-refractivity contribution in [2.24, 2.45) is 5.92 Å². The van der Waals surface area contributed by atoms with Gasteiger partial charge in [-0.3, -0.25) is 0 Å². The van der Waals surface area contributed by atoms with Crippen LogP contribution in [0.15, 0.2) is 18.2 Å². The molecule has 1 heterocycles. The molecule has 0 fully saturated rings. The van der Waals surface area contributed by atoms with E-state index >= 15 is 0 Å². The molecule has 0 unspecified atom stereocenters. The molecule has 0 saturated heterocycles. The highest BCUT2D eigenvalue weighted by Gasteiger charge is 2.20. The molecule has 0 atom stereocenters. The Kier molecular flexibility index (Phi) is 3.16. The van der Waals surface area contributed by atoms with Crippen molar-refractivity contribution in [1.82, 2.24) is 4.57 Å². The van der Waals surface area contributed by atoms with E-state index in [-0.39, 0.29) is 0 Å². The fourth-order valence-corrected chi connectivity index (χ4v) is 2.59. The van der Waals surface area contributed by atoms with Gasteiger partial charge in [-0.05, 0) is 30.9 Å². The summed E-state index contributed by atoms with van der Waals surface area (Å²) in [5.41, 5.74) is 3.47. The molecule has 1 N–H and O–H groups in total. The van der Waals surface area contributed by atoms with E-state index in [1.54, 1.807) is 0 Å². The second-order valence-electron chi connectivity index (χ2n) is 5.25. The zero-order valence-electron chi connectivity index (χ0n) is 11.3. The minimum atomic E-state index is -0.844. The molecule has 3 nitrogen and oxygen atoms in total. The Morgan fingerprint density at radius 1 is 1.33 bits per heavy atom. The van der Waals surface area contributed by atoms with Gasteiger partial charge in [0.05, 0.1) is 5.52 Å². The number of hydrogen-bond donors (Lipinski definition) is 1. The lowest BCUT2D eigenvalue weighted by molar-refractivity contribution is 0.0684. The Bertz CT molecular complexity index is 608. The van der Waals surface area contributed by atoms with Gasteiger partial charge < -0.3 is 9.67 Å². The Morgan fingerprint density at radius 3 is 2.56 bits per heavy atom. The summed E-state index contributed by atoms with van der Waals surface area (Å²) in [6, 6.07) is 6.02. The molecule has 0 saturated carbocycles. The highest BCUT2D eigenvalue weighted by Crippen LogP contribution is 2.29. The predicted molar refractivity (Wildman–Crippen MR) is 73.2 cm³/mol. The zero-order valence-corrected chi connectivity index (χ0v) is 11.3. The van der Waals surface area contributed by atoms with Gasteiger partial charge in [-0.15, -0.1) is 0 Å². The first-order valence-electron chi connectivity index (χ1n) is 6.25. The molecule has 96 valence electrons. The van der Waals surface area contributed by atoms with Crippen LogP contribution in [-0.4, -0.2) is 15.6 Å². The molecule has 0 spiro atoms. The van der Waals surface area contributed by atoms with Gasteiger partial charge in [-0.25, -0.2) is 4.79 Å². The van der Waals surface area contributed by atoms with Gasteiger partial charge >= 0.3 is 5.97 Å². The number of nitrogens with zero attached hydrogens (tertiary/aromatic N) is 1. The van der Waals surface area contributed by atoms with Crippen molar-refractivity contribution in [2.45, 2.75) is 34.2 Å². The van der Waals surface area contributed by atoms with Gasteiger partial charge in [-0.1, -0.05) is 32.0 Å². The lowest BCUT2D eigenvalue weighted by Gasteiger charge is -2.12. The average molecular weight is 245 g/mol. The topological polar surface area (TPSA) is 42.2 Å². The van der Waals surface area contributed by atoms with Crippen molar-refractivity contribution >= 4 is 16.9 Å². The summed E-state index contributed by atoms with van der Waals surface area (Å²) in [5.74, 6) is -0.429.